The van der Waals surface area contributed by atoms with E-state index in [9.17, 15) is 14.0 Å². The molecule has 2 rings (SSSR count). The lowest BCUT2D eigenvalue weighted by atomic mass is 10.1. The number of rotatable bonds is 2. The van der Waals surface area contributed by atoms with E-state index in [1.54, 1.807) is 0 Å². The second-order valence-corrected chi connectivity index (χ2v) is 4.80. The number of hydrogen-bond acceptors (Lipinski definition) is 3. The molecule has 1 saturated heterocycles. The summed E-state index contributed by atoms with van der Waals surface area (Å²) in [6.07, 6.45) is 0.564. The summed E-state index contributed by atoms with van der Waals surface area (Å²) in [6, 6.07) is 3.92. The zero-order valence-electron chi connectivity index (χ0n) is 10.4. The van der Waals surface area contributed by atoms with Crippen LogP contribution in [0.4, 0.5) is 4.39 Å². The van der Waals surface area contributed by atoms with Crippen LogP contribution in [-0.2, 0) is 9.53 Å². The predicted molar refractivity (Wildman–Crippen MR) is 67.4 cm³/mol. The van der Waals surface area contributed by atoms with E-state index in [-0.39, 0.29) is 28.4 Å². The molecule has 19 heavy (non-hydrogen) atoms. The molecule has 1 fully saturated rings. The average Bonchev–Trinajstić information content (AvgIpc) is 2.89. The minimum Gasteiger partial charge on any atom is -0.469 e. The lowest BCUT2D eigenvalue weighted by Crippen LogP contribution is -2.30. The number of carbonyl (C=O) groups excluding carboxylic acids is 2. The zero-order valence-corrected chi connectivity index (χ0v) is 11.1. The number of amides is 1. The summed E-state index contributed by atoms with van der Waals surface area (Å²) in [5.74, 6) is -1.55. The molecule has 0 radical (unpaired) electrons. The number of methoxy groups -OCH3 is 1. The summed E-state index contributed by atoms with van der Waals surface area (Å²) < 4.78 is 18.0. The van der Waals surface area contributed by atoms with Gasteiger partial charge in [0.15, 0.2) is 0 Å². The molecule has 4 nitrogen and oxygen atoms in total. The van der Waals surface area contributed by atoms with Crippen molar-refractivity contribution in [2.75, 3.05) is 20.2 Å². The van der Waals surface area contributed by atoms with E-state index < -0.39 is 5.82 Å². The number of esters is 1. The second-order valence-electron chi connectivity index (χ2n) is 4.39. The molecule has 102 valence electrons. The van der Waals surface area contributed by atoms with E-state index in [0.717, 1.165) is 6.07 Å². The molecule has 1 atom stereocenters. The molecular formula is C13H13ClFNO3. The summed E-state index contributed by atoms with van der Waals surface area (Å²) in [7, 11) is 1.32. The predicted octanol–water partition coefficient (Wildman–Crippen LogP) is 2.11. The zero-order chi connectivity index (χ0) is 14.0. The van der Waals surface area contributed by atoms with Gasteiger partial charge in [0.1, 0.15) is 5.82 Å². The number of ether oxygens (including phenoxy) is 1. The third kappa shape index (κ3) is 2.87. The Labute approximate surface area is 115 Å². The van der Waals surface area contributed by atoms with Crippen LogP contribution in [0.1, 0.15) is 16.8 Å². The van der Waals surface area contributed by atoms with E-state index in [0.29, 0.717) is 19.5 Å². The average molecular weight is 286 g/mol. The Morgan fingerprint density at radius 3 is 2.84 bits per heavy atom. The monoisotopic (exact) mass is 285 g/mol. The summed E-state index contributed by atoms with van der Waals surface area (Å²) >= 11 is 5.57. The van der Waals surface area contributed by atoms with Crippen LogP contribution in [0.15, 0.2) is 18.2 Å². The summed E-state index contributed by atoms with van der Waals surface area (Å²) in [5, 5.41) is -0.0228. The third-order valence-electron chi connectivity index (χ3n) is 3.18. The first-order valence-electron chi connectivity index (χ1n) is 5.85. The van der Waals surface area contributed by atoms with E-state index in [4.69, 9.17) is 11.6 Å². The smallest absolute Gasteiger partial charge is 0.310 e. The largest absolute Gasteiger partial charge is 0.469 e. The highest BCUT2D eigenvalue weighted by Crippen LogP contribution is 2.22. The maximum atomic E-state index is 13.3. The van der Waals surface area contributed by atoms with Gasteiger partial charge in [-0.15, -0.1) is 0 Å². The molecule has 1 aliphatic heterocycles. The van der Waals surface area contributed by atoms with E-state index in [1.165, 1.54) is 24.1 Å². The molecule has 0 aromatic heterocycles. The maximum Gasteiger partial charge on any atom is 0.310 e. The quantitative estimate of drug-likeness (QED) is 0.782. The van der Waals surface area contributed by atoms with Crippen molar-refractivity contribution < 1.29 is 18.7 Å². The number of carbonyl (C=O) groups is 2. The SMILES string of the molecule is COC(=O)C1CCN(C(=O)c2ccc(Cl)c(F)c2)C1. The first-order chi connectivity index (χ1) is 9.02. The summed E-state index contributed by atoms with van der Waals surface area (Å²) in [5.41, 5.74) is 0.229. The topological polar surface area (TPSA) is 46.6 Å². The fourth-order valence-electron chi connectivity index (χ4n) is 2.12. The molecule has 1 aromatic carbocycles. The standard InChI is InChI=1S/C13H13ClFNO3/c1-19-13(18)9-4-5-16(7-9)12(17)8-2-3-10(14)11(15)6-8/h2-3,6,9H,4-5,7H2,1H3. The molecule has 1 aliphatic rings. The van der Waals surface area contributed by atoms with Gasteiger partial charge < -0.3 is 9.64 Å². The van der Waals surface area contributed by atoms with Crippen LogP contribution in [0.3, 0.4) is 0 Å². The lowest BCUT2D eigenvalue weighted by molar-refractivity contribution is -0.144. The Bertz CT molecular complexity index is 521. The molecule has 0 saturated carbocycles. The molecule has 0 N–H and O–H groups in total. The minimum absolute atomic E-state index is 0.0228. The Kier molecular flexibility index (Phi) is 4.04. The van der Waals surface area contributed by atoms with Crippen LogP contribution in [0.25, 0.3) is 0 Å². The first kappa shape index (κ1) is 13.8. The van der Waals surface area contributed by atoms with Gasteiger partial charge in [-0.25, -0.2) is 4.39 Å². The van der Waals surface area contributed by atoms with Crippen LogP contribution in [0.2, 0.25) is 5.02 Å². The number of halogens is 2. The van der Waals surface area contributed by atoms with Gasteiger partial charge >= 0.3 is 5.97 Å². The van der Waals surface area contributed by atoms with Crippen molar-refractivity contribution in [3.05, 3.63) is 34.6 Å². The molecule has 6 heteroatoms. The molecular weight excluding hydrogens is 273 g/mol. The van der Waals surface area contributed by atoms with Crippen LogP contribution in [-0.4, -0.2) is 37.0 Å². The van der Waals surface area contributed by atoms with Gasteiger partial charge in [-0.05, 0) is 24.6 Å². The van der Waals surface area contributed by atoms with Crippen LogP contribution in [0.5, 0.6) is 0 Å². The normalized spacial score (nSPS) is 18.5. The fraction of sp³-hybridized carbons (Fsp3) is 0.385. The van der Waals surface area contributed by atoms with Crippen molar-refractivity contribution in [3.8, 4) is 0 Å². The van der Waals surface area contributed by atoms with Gasteiger partial charge in [0.2, 0.25) is 0 Å². The molecule has 1 aromatic rings. The Hall–Kier alpha value is -1.62. The summed E-state index contributed by atoms with van der Waals surface area (Å²) in [4.78, 5) is 25.0. The highest BCUT2D eigenvalue weighted by atomic mass is 35.5. The van der Waals surface area contributed by atoms with E-state index in [2.05, 4.69) is 4.74 Å². The molecule has 0 aliphatic carbocycles. The Morgan fingerprint density at radius 2 is 2.21 bits per heavy atom. The number of hydrogen-bond donors (Lipinski definition) is 0. The van der Waals surface area contributed by atoms with Crippen LogP contribution < -0.4 is 0 Å². The second kappa shape index (κ2) is 5.57. The number of nitrogens with zero attached hydrogens (tertiary/aromatic N) is 1. The molecule has 1 unspecified atom stereocenters. The van der Waals surface area contributed by atoms with Gasteiger partial charge in [0.05, 0.1) is 18.1 Å². The van der Waals surface area contributed by atoms with Crippen molar-refractivity contribution in [2.24, 2.45) is 5.92 Å². The van der Waals surface area contributed by atoms with E-state index >= 15 is 0 Å². The molecule has 0 bridgehead atoms. The minimum atomic E-state index is -0.628. The molecule has 1 amide bonds. The van der Waals surface area contributed by atoms with Gasteiger partial charge in [-0.1, -0.05) is 11.6 Å². The highest BCUT2D eigenvalue weighted by molar-refractivity contribution is 6.30. The Morgan fingerprint density at radius 1 is 1.47 bits per heavy atom. The number of benzene rings is 1. The Balaban J connectivity index is 2.09. The fourth-order valence-corrected chi connectivity index (χ4v) is 2.23. The van der Waals surface area contributed by atoms with Crippen LogP contribution >= 0.6 is 11.6 Å². The molecule has 0 spiro atoms. The third-order valence-corrected chi connectivity index (χ3v) is 3.48. The lowest BCUT2D eigenvalue weighted by Gasteiger charge is -2.16. The van der Waals surface area contributed by atoms with Crippen molar-refractivity contribution in [1.82, 2.24) is 4.90 Å². The first-order valence-corrected chi connectivity index (χ1v) is 6.23. The van der Waals surface area contributed by atoms with Crippen molar-refractivity contribution in [2.45, 2.75) is 6.42 Å². The van der Waals surface area contributed by atoms with Gasteiger partial charge in [0.25, 0.3) is 5.91 Å². The van der Waals surface area contributed by atoms with Crippen molar-refractivity contribution in [3.63, 3.8) is 0 Å². The van der Waals surface area contributed by atoms with Crippen LogP contribution in [0, 0.1) is 11.7 Å². The van der Waals surface area contributed by atoms with Crippen molar-refractivity contribution >= 4 is 23.5 Å². The van der Waals surface area contributed by atoms with Gasteiger partial charge in [-0.2, -0.15) is 0 Å². The number of likely N-dealkylation sites (tertiary alicyclic amines) is 1. The van der Waals surface area contributed by atoms with Gasteiger partial charge in [0, 0.05) is 18.7 Å². The highest BCUT2D eigenvalue weighted by Gasteiger charge is 2.32. The van der Waals surface area contributed by atoms with Gasteiger partial charge in [-0.3, -0.25) is 9.59 Å². The van der Waals surface area contributed by atoms with E-state index in [1.807, 2.05) is 0 Å². The summed E-state index contributed by atoms with van der Waals surface area (Å²) in [6.45, 7) is 0.762. The molecule has 1 heterocycles. The van der Waals surface area contributed by atoms with Crippen molar-refractivity contribution in [1.29, 1.82) is 0 Å². The maximum absolute atomic E-state index is 13.3.